The summed E-state index contributed by atoms with van der Waals surface area (Å²) in [6.07, 6.45) is 3.42. The van der Waals surface area contributed by atoms with Crippen molar-refractivity contribution < 1.29 is 19.1 Å². The van der Waals surface area contributed by atoms with Gasteiger partial charge in [-0.15, -0.1) is 0 Å². The molecule has 0 fully saturated rings. The zero-order valence-corrected chi connectivity index (χ0v) is 12.2. The number of hydrogen-bond acceptors (Lipinski definition) is 2. The third-order valence-corrected chi connectivity index (χ3v) is 3.73. The summed E-state index contributed by atoms with van der Waals surface area (Å²) in [6.45, 7) is 3.60. The van der Waals surface area contributed by atoms with Gasteiger partial charge >= 0.3 is 5.97 Å². The first-order chi connectivity index (χ1) is 9.95. The predicted octanol–water partition coefficient (Wildman–Crippen LogP) is 2.85. The topological polar surface area (TPSA) is 66.4 Å². The summed E-state index contributed by atoms with van der Waals surface area (Å²) in [4.78, 5) is 23.0. The first-order valence-corrected chi connectivity index (χ1v) is 6.89. The Balaban J connectivity index is 2.66. The molecule has 0 aliphatic carbocycles. The van der Waals surface area contributed by atoms with Crippen molar-refractivity contribution in [2.75, 3.05) is 6.54 Å². The fourth-order valence-corrected chi connectivity index (χ4v) is 1.97. The Morgan fingerprint density at radius 2 is 1.90 bits per heavy atom. The Morgan fingerprint density at radius 3 is 2.43 bits per heavy atom. The van der Waals surface area contributed by atoms with Crippen LogP contribution >= 0.6 is 0 Å². The van der Waals surface area contributed by atoms with Gasteiger partial charge in [-0.25, -0.2) is 4.39 Å². The lowest BCUT2D eigenvalue weighted by atomic mass is 9.82. The van der Waals surface area contributed by atoms with E-state index in [0.29, 0.717) is 18.4 Å². The number of carbonyl (C=O) groups is 2. The molecule has 21 heavy (non-hydrogen) atoms. The highest BCUT2D eigenvalue weighted by atomic mass is 19.1. The van der Waals surface area contributed by atoms with E-state index < -0.39 is 23.1 Å². The molecule has 0 aliphatic heterocycles. The second-order valence-corrected chi connectivity index (χ2v) is 4.87. The lowest BCUT2D eigenvalue weighted by molar-refractivity contribution is -0.149. The van der Waals surface area contributed by atoms with Gasteiger partial charge in [0, 0.05) is 18.2 Å². The van der Waals surface area contributed by atoms with Crippen LogP contribution in [0.2, 0.25) is 0 Å². The normalized spacial score (nSPS) is 11.6. The van der Waals surface area contributed by atoms with Crippen molar-refractivity contribution in [3.05, 3.63) is 41.7 Å². The number of hydrogen-bond donors (Lipinski definition) is 2. The van der Waals surface area contributed by atoms with E-state index in [0.717, 1.165) is 0 Å². The van der Waals surface area contributed by atoms with Gasteiger partial charge in [0.2, 0.25) is 5.91 Å². The summed E-state index contributed by atoms with van der Waals surface area (Å²) in [6, 6.07) is 6.10. The lowest BCUT2D eigenvalue weighted by Crippen LogP contribution is -2.41. The van der Waals surface area contributed by atoms with Crippen LogP contribution in [0.4, 0.5) is 4.39 Å². The molecule has 0 saturated carbocycles. The summed E-state index contributed by atoms with van der Waals surface area (Å²) in [5.41, 5.74) is -0.648. The van der Waals surface area contributed by atoms with Crippen molar-refractivity contribution in [1.29, 1.82) is 0 Å². The Hall–Kier alpha value is -2.17. The van der Waals surface area contributed by atoms with Crippen LogP contribution in [0.25, 0.3) is 6.08 Å². The van der Waals surface area contributed by atoms with Crippen molar-refractivity contribution in [2.45, 2.75) is 26.7 Å². The number of aliphatic carboxylic acids is 1. The fourth-order valence-electron chi connectivity index (χ4n) is 1.97. The smallest absolute Gasteiger partial charge is 0.311 e. The largest absolute Gasteiger partial charge is 0.481 e. The van der Waals surface area contributed by atoms with E-state index in [-0.39, 0.29) is 6.54 Å². The predicted molar refractivity (Wildman–Crippen MR) is 79.1 cm³/mol. The van der Waals surface area contributed by atoms with E-state index in [1.165, 1.54) is 18.2 Å². The number of carbonyl (C=O) groups excluding carboxylic acids is 1. The molecule has 1 aromatic carbocycles. The van der Waals surface area contributed by atoms with Crippen molar-refractivity contribution in [3.63, 3.8) is 0 Å². The minimum atomic E-state index is -0.957. The minimum Gasteiger partial charge on any atom is -0.481 e. The molecule has 0 unspecified atom stereocenters. The molecule has 2 N–H and O–H groups in total. The maximum atomic E-state index is 13.4. The summed E-state index contributed by atoms with van der Waals surface area (Å²) in [7, 11) is 0. The van der Waals surface area contributed by atoms with E-state index in [4.69, 9.17) is 0 Å². The number of benzene rings is 1. The van der Waals surface area contributed by atoms with Gasteiger partial charge in [0.15, 0.2) is 0 Å². The van der Waals surface area contributed by atoms with E-state index in [2.05, 4.69) is 5.32 Å². The summed E-state index contributed by atoms with van der Waals surface area (Å²) in [5.74, 6) is -1.78. The van der Waals surface area contributed by atoms with Crippen molar-refractivity contribution >= 4 is 18.0 Å². The van der Waals surface area contributed by atoms with Gasteiger partial charge < -0.3 is 10.4 Å². The van der Waals surface area contributed by atoms with Crippen LogP contribution in [0, 0.1) is 11.2 Å². The molecule has 0 aromatic heterocycles. The third kappa shape index (κ3) is 4.41. The van der Waals surface area contributed by atoms with Crippen LogP contribution in [0.1, 0.15) is 32.3 Å². The summed E-state index contributed by atoms with van der Waals surface area (Å²) < 4.78 is 13.4. The third-order valence-electron chi connectivity index (χ3n) is 3.73. The second kappa shape index (κ2) is 7.57. The number of carboxylic acid groups (broad SMARTS) is 1. The van der Waals surface area contributed by atoms with Gasteiger partial charge in [-0.1, -0.05) is 32.0 Å². The molecule has 0 radical (unpaired) electrons. The molecule has 1 aromatic rings. The van der Waals surface area contributed by atoms with Gasteiger partial charge in [-0.3, -0.25) is 9.59 Å². The molecule has 4 nitrogen and oxygen atoms in total. The molecule has 0 bridgehead atoms. The molecule has 0 aliphatic rings. The van der Waals surface area contributed by atoms with Crippen molar-refractivity contribution in [3.8, 4) is 0 Å². The number of nitrogens with one attached hydrogen (secondary N) is 1. The Labute approximate surface area is 123 Å². The number of halogens is 1. The summed E-state index contributed by atoms with van der Waals surface area (Å²) in [5, 5.41) is 11.8. The molecule has 0 heterocycles. The molecular formula is C16H20FNO3. The number of rotatable bonds is 7. The fraction of sp³-hybridized carbons (Fsp3) is 0.375. The number of carboxylic acids is 1. The Kier molecular flexibility index (Phi) is 6.09. The molecule has 1 rings (SSSR count). The zero-order valence-electron chi connectivity index (χ0n) is 12.2. The molecule has 0 atom stereocenters. The highest BCUT2D eigenvalue weighted by Gasteiger charge is 2.34. The van der Waals surface area contributed by atoms with Crippen LogP contribution in [0.3, 0.4) is 0 Å². The van der Waals surface area contributed by atoms with Crippen LogP contribution < -0.4 is 5.32 Å². The minimum absolute atomic E-state index is 0.0514. The Morgan fingerprint density at radius 1 is 1.29 bits per heavy atom. The van der Waals surface area contributed by atoms with Crippen LogP contribution in [0.5, 0.6) is 0 Å². The molecule has 5 heteroatoms. The first kappa shape index (κ1) is 16.9. The quantitative estimate of drug-likeness (QED) is 0.760. The molecule has 1 amide bonds. The van der Waals surface area contributed by atoms with E-state index in [1.807, 2.05) is 0 Å². The maximum Gasteiger partial charge on any atom is 0.311 e. The molecule has 0 spiro atoms. The standard InChI is InChI=1S/C16H20FNO3/c1-3-16(4-2,15(20)21)11-18-14(19)10-9-12-7-5-6-8-13(12)17/h5-10H,3-4,11H2,1-2H3,(H,18,19)(H,20,21)/b10-9+. The number of amides is 1. The second-order valence-electron chi connectivity index (χ2n) is 4.87. The van der Waals surface area contributed by atoms with Gasteiger partial charge in [0.25, 0.3) is 0 Å². The maximum absolute atomic E-state index is 13.4. The van der Waals surface area contributed by atoms with Crippen LogP contribution in [0.15, 0.2) is 30.3 Å². The van der Waals surface area contributed by atoms with Gasteiger partial charge in [-0.05, 0) is 25.0 Å². The molecule has 0 saturated heterocycles. The van der Waals surface area contributed by atoms with E-state index in [1.54, 1.807) is 32.0 Å². The highest BCUT2D eigenvalue weighted by Crippen LogP contribution is 2.25. The lowest BCUT2D eigenvalue weighted by Gasteiger charge is -2.26. The van der Waals surface area contributed by atoms with Crippen molar-refractivity contribution in [2.24, 2.45) is 5.41 Å². The average molecular weight is 293 g/mol. The van der Waals surface area contributed by atoms with Crippen LogP contribution in [-0.2, 0) is 9.59 Å². The molecule has 114 valence electrons. The van der Waals surface area contributed by atoms with E-state index in [9.17, 15) is 19.1 Å². The van der Waals surface area contributed by atoms with Gasteiger partial charge in [0.1, 0.15) is 5.82 Å². The first-order valence-electron chi connectivity index (χ1n) is 6.89. The van der Waals surface area contributed by atoms with Gasteiger partial charge in [-0.2, -0.15) is 0 Å². The average Bonchev–Trinajstić information content (AvgIpc) is 2.47. The summed E-state index contributed by atoms with van der Waals surface area (Å²) >= 11 is 0. The van der Waals surface area contributed by atoms with Crippen molar-refractivity contribution in [1.82, 2.24) is 5.32 Å². The zero-order chi connectivity index (χ0) is 15.9. The highest BCUT2D eigenvalue weighted by molar-refractivity contribution is 5.92. The SMILES string of the molecule is CCC(CC)(CNC(=O)/C=C/c1ccccc1F)C(=O)O. The molecular weight excluding hydrogens is 273 g/mol. The monoisotopic (exact) mass is 293 g/mol. The van der Waals surface area contributed by atoms with E-state index >= 15 is 0 Å². The van der Waals surface area contributed by atoms with Gasteiger partial charge in [0.05, 0.1) is 5.41 Å². The Bertz CT molecular complexity index is 536. The van der Waals surface area contributed by atoms with Crippen LogP contribution in [-0.4, -0.2) is 23.5 Å².